The van der Waals surface area contributed by atoms with E-state index in [4.69, 9.17) is 9.84 Å². The first-order valence-corrected chi connectivity index (χ1v) is 10.7. The molecule has 0 spiro atoms. The molecule has 4 rings (SSSR count). The van der Waals surface area contributed by atoms with Crippen molar-refractivity contribution in [2.24, 2.45) is 0 Å². The van der Waals surface area contributed by atoms with Crippen LogP contribution in [0.5, 0.6) is 0 Å². The Balaban J connectivity index is 1.48. The van der Waals surface area contributed by atoms with Crippen LogP contribution >= 0.6 is 0 Å². The van der Waals surface area contributed by atoms with E-state index in [0.717, 1.165) is 22.3 Å². The van der Waals surface area contributed by atoms with Crippen LogP contribution in [0.2, 0.25) is 0 Å². The lowest BCUT2D eigenvalue weighted by molar-refractivity contribution is -0.141. The van der Waals surface area contributed by atoms with Crippen LogP contribution in [-0.4, -0.2) is 35.7 Å². The molecule has 0 saturated heterocycles. The highest BCUT2D eigenvalue weighted by Crippen LogP contribution is 2.44. The van der Waals surface area contributed by atoms with E-state index in [1.807, 2.05) is 48.5 Å². The summed E-state index contributed by atoms with van der Waals surface area (Å²) in [6.45, 7) is 1.46. The van der Waals surface area contributed by atoms with E-state index < -0.39 is 30.1 Å². The number of aliphatic carboxylic acids is 1. The number of carbonyl (C=O) groups excluding carboxylic acids is 2. The van der Waals surface area contributed by atoms with E-state index in [1.165, 1.54) is 6.92 Å². The van der Waals surface area contributed by atoms with Gasteiger partial charge in [0, 0.05) is 5.92 Å². The summed E-state index contributed by atoms with van der Waals surface area (Å²) in [5.74, 6) is -1.92. The number of hydrogen-bond acceptors (Lipinski definition) is 4. The van der Waals surface area contributed by atoms with Crippen molar-refractivity contribution in [2.75, 3.05) is 6.61 Å². The highest BCUT2D eigenvalue weighted by atomic mass is 16.5. The van der Waals surface area contributed by atoms with Crippen molar-refractivity contribution < 1.29 is 24.2 Å². The molecule has 0 radical (unpaired) electrons. The minimum Gasteiger partial charge on any atom is -0.480 e. The van der Waals surface area contributed by atoms with Gasteiger partial charge in [-0.3, -0.25) is 9.59 Å². The predicted octanol–water partition coefficient (Wildman–Crippen LogP) is 3.86. The molecule has 1 aliphatic carbocycles. The van der Waals surface area contributed by atoms with Gasteiger partial charge in [-0.2, -0.15) is 0 Å². The Morgan fingerprint density at radius 3 is 1.97 bits per heavy atom. The Bertz CT molecular complexity index is 1130. The summed E-state index contributed by atoms with van der Waals surface area (Å²) in [5.41, 5.74) is 4.91. The minimum atomic E-state index is -1.17. The lowest BCUT2D eigenvalue weighted by atomic mass is 9.98. The van der Waals surface area contributed by atoms with Crippen molar-refractivity contribution in [1.29, 1.82) is 0 Å². The van der Waals surface area contributed by atoms with Gasteiger partial charge in [-0.25, -0.2) is 4.79 Å². The summed E-state index contributed by atoms with van der Waals surface area (Å²) in [4.78, 5) is 36.6. The molecule has 3 aromatic carbocycles. The minimum absolute atomic E-state index is 0.106. The first kappa shape index (κ1) is 22.1. The second-order valence-corrected chi connectivity index (χ2v) is 7.88. The lowest BCUT2D eigenvalue weighted by Gasteiger charge is -2.21. The molecule has 7 heteroatoms. The molecule has 1 aliphatic rings. The van der Waals surface area contributed by atoms with Gasteiger partial charge in [-0.1, -0.05) is 78.9 Å². The fraction of sp³-hybridized carbons (Fsp3) is 0.192. The maximum Gasteiger partial charge on any atom is 0.408 e. The van der Waals surface area contributed by atoms with E-state index in [1.54, 1.807) is 30.3 Å². The normalized spacial score (nSPS) is 13.8. The molecule has 2 unspecified atom stereocenters. The van der Waals surface area contributed by atoms with Gasteiger partial charge in [0.1, 0.15) is 18.7 Å². The number of nitrogens with one attached hydrogen (secondary N) is 2. The molecule has 0 saturated carbocycles. The first-order valence-electron chi connectivity index (χ1n) is 10.7. The van der Waals surface area contributed by atoms with Crippen molar-refractivity contribution in [3.05, 3.63) is 95.6 Å². The molecule has 3 aromatic rings. The van der Waals surface area contributed by atoms with Crippen molar-refractivity contribution in [3.63, 3.8) is 0 Å². The van der Waals surface area contributed by atoms with Crippen LogP contribution in [0.3, 0.4) is 0 Å². The molecule has 168 valence electrons. The molecule has 2 atom stereocenters. The van der Waals surface area contributed by atoms with Gasteiger partial charge in [0.15, 0.2) is 0 Å². The zero-order chi connectivity index (χ0) is 23.4. The zero-order valence-corrected chi connectivity index (χ0v) is 18.0. The number of carboxylic acids is 1. The van der Waals surface area contributed by atoms with E-state index in [0.29, 0.717) is 5.56 Å². The third kappa shape index (κ3) is 4.72. The number of carbonyl (C=O) groups is 3. The van der Waals surface area contributed by atoms with Crippen LogP contribution in [0.15, 0.2) is 78.9 Å². The Hall–Kier alpha value is -4.13. The summed E-state index contributed by atoms with van der Waals surface area (Å²) in [5, 5.41) is 14.1. The summed E-state index contributed by atoms with van der Waals surface area (Å²) in [7, 11) is 0. The SMILES string of the molecule is CC(NC(=O)C(NC(=O)OCC1c2ccccc2-c2ccccc21)c1ccccc1)C(=O)O. The van der Waals surface area contributed by atoms with Crippen LogP contribution in [0.1, 0.15) is 35.6 Å². The number of rotatable bonds is 7. The number of fused-ring (bicyclic) bond motifs is 3. The fourth-order valence-corrected chi connectivity index (χ4v) is 4.06. The molecule has 7 nitrogen and oxygen atoms in total. The summed E-state index contributed by atoms with van der Waals surface area (Å²) < 4.78 is 5.55. The number of benzene rings is 3. The van der Waals surface area contributed by atoms with E-state index >= 15 is 0 Å². The van der Waals surface area contributed by atoms with Crippen LogP contribution in [0.4, 0.5) is 4.79 Å². The number of hydrogen-bond donors (Lipinski definition) is 3. The largest absolute Gasteiger partial charge is 0.480 e. The quantitative estimate of drug-likeness (QED) is 0.513. The zero-order valence-electron chi connectivity index (χ0n) is 18.0. The number of alkyl carbamates (subject to hydrolysis) is 1. The molecule has 33 heavy (non-hydrogen) atoms. The van der Waals surface area contributed by atoms with Crippen LogP contribution in [0, 0.1) is 0 Å². The van der Waals surface area contributed by atoms with Gasteiger partial charge in [-0.05, 0) is 34.7 Å². The second-order valence-electron chi connectivity index (χ2n) is 7.88. The van der Waals surface area contributed by atoms with E-state index in [2.05, 4.69) is 10.6 Å². The summed E-state index contributed by atoms with van der Waals surface area (Å²) in [6.07, 6.45) is -0.760. The standard InChI is InChI=1S/C26H24N2O5/c1-16(25(30)31)27-24(29)23(17-9-3-2-4-10-17)28-26(32)33-15-22-20-13-7-5-11-18(20)19-12-6-8-14-21(19)22/h2-14,16,22-23H,15H2,1H3,(H,27,29)(H,28,32)(H,30,31). The van der Waals surface area contributed by atoms with Crippen LogP contribution in [-0.2, 0) is 14.3 Å². The van der Waals surface area contributed by atoms with Gasteiger partial charge in [-0.15, -0.1) is 0 Å². The van der Waals surface area contributed by atoms with Gasteiger partial charge < -0.3 is 20.5 Å². The van der Waals surface area contributed by atoms with E-state index in [9.17, 15) is 14.4 Å². The van der Waals surface area contributed by atoms with E-state index in [-0.39, 0.29) is 12.5 Å². The van der Waals surface area contributed by atoms with Crippen LogP contribution < -0.4 is 10.6 Å². The maximum atomic E-state index is 12.7. The molecule has 2 amide bonds. The van der Waals surface area contributed by atoms with Gasteiger partial charge in [0.05, 0.1) is 0 Å². The van der Waals surface area contributed by atoms with Crippen molar-refractivity contribution >= 4 is 18.0 Å². The predicted molar refractivity (Wildman–Crippen MR) is 123 cm³/mol. The molecule has 0 aliphatic heterocycles. The monoisotopic (exact) mass is 444 g/mol. The second kappa shape index (κ2) is 9.56. The maximum absolute atomic E-state index is 12.7. The fourth-order valence-electron chi connectivity index (χ4n) is 4.06. The number of carboxylic acid groups (broad SMARTS) is 1. The Morgan fingerprint density at radius 2 is 1.39 bits per heavy atom. The molecule has 3 N–H and O–H groups in total. The molecular weight excluding hydrogens is 420 g/mol. The summed E-state index contributed by atoms with van der Waals surface area (Å²) in [6, 6.07) is 22.4. The Labute approximate surface area is 191 Å². The highest BCUT2D eigenvalue weighted by Gasteiger charge is 2.30. The highest BCUT2D eigenvalue weighted by molar-refractivity contribution is 5.90. The molecule has 0 aromatic heterocycles. The average Bonchev–Trinajstić information content (AvgIpc) is 3.15. The van der Waals surface area contributed by atoms with Crippen molar-refractivity contribution in [3.8, 4) is 11.1 Å². The smallest absolute Gasteiger partial charge is 0.408 e. The van der Waals surface area contributed by atoms with Crippen LogP contribution in [0.25, 0.3) is 11.1 Å². The molecule has 0 bridgehead atoms. The Morgan fingerprint density at radius 1 is 0.848 bits per heavy atom. The third-order valence-electron chi connectivity index (χ3n) is 5.73. The van der Waals surface area contributed by atoms with Gasteiger partial charge in [0.2, 0.25) is 5.91 Å². The number of ether oxygens (including phenoxy) is 1. The third-order valence-corrected chi connectivity index (χ3v) is 5.73. The van der Waals surface area contributed by atoms with Gasteiger partial charge >= 0.3 is 12.1 Å². The lowest BCUT2D eigenvalue weighted by Crippen LogP contribution is -2.46. The molecule has 0 fully saturated rings. The number of amides is 2. The van der Waals surface area contributed by atoms with Crippen molar-refractivity contribution in [1.82, 2.24) is 10.6 Å². The van der Waals surface area contributed by atoms with Gasteiger partial charge in [0.25, 0.3) is 0 Å². The average molecular weight is 444 g/mol. The topological polar surface area (TPSA) is 105 Å². The first-order chi connectivity index (χ1) is 16.0. The van der Waals surface area contributed by atoms with Crippen molar-refractivity contribution in [2.45, 2.75) is 24.9 Å². The molecular formula is C26H24N2O5. The Kier molecular flexibility index (Phi) is 6.40. The summed E-state index contributed by atoms with van der Waals surface area (Å²) >= 11 is 0. The molecule has 0 heterocycles.